The Morgan fingerprint density at radius 1 is 1.29 bits per heavy atom. The Labute approximate surface area is 106 Å². The average Bonchev–Trinajstić information content (AvgIpc) is 2.37. The molecule has 0 amide bonds. The molecule has 17 heavy (non-hydrogen) atoms. The number of rotatable bonds is 5. The van der Waals surface area contributed by atoms with E-state index in [1.165, 1.54) is 12.8 Å². The van der Waals surface area contributed by atoms with Crippen molar-refractivity contribution >= 4 is 17.4 Å². The minimum Gasteiger partial charge on any atom is -0.587 e. The van der Waals surface area contributed by atoms with E-state index in [0.717, 1.165) is 23.4 Å². The van der Waals surface area contributed by atoms with Gasteiger partial charge >= 0.3 is 0 Å². The van der Waals surface area contributed by atoms with Crippen LogP contribution < -0.4 is 5.43 Å². The van der Waals surface area contributed by atoms with Gasteiger partial charge in [-0.1, -0.05) is 31.9 Å². The maximum absolute atomic E-state index is 12.2. The first kappa shape index (κ1) is 12.5. The third-order valence-electron chi connectivity index (χ3n) is 2.72. The van der Waals surface area contributed by atoms with Gasteiger partial charge in [0.2, 0.25) is 0 Å². The van der Waals surface area contributed by atoms with Crippen molar-refractivity contribution in [3.05, 3.63) is 36.0 Å². The van der Waals surface area contributed by atoms with Crippen LogP contribution in [0.2, 0.25) is 0 Å². The Balaban J connectivity index is 1.95. The lowest BCUT2D eigenvalue weighted by Gasteiger charge is -2.26. The summed E-state index contributed by atoms with van der Waals surface area (Å²) in [7, 11) is 0. The van der Waals surface area contributed by atoms with Gasteiger partial charge in [-0.25, -0.2) is 0 Å². The normalized spacial score (nSPS) is 18.2. The lowest BCUT2D eigenvalue weighted by atomic mass is 10.2. The molecule has 0 spiro atoms. The molecule has 3 nitrogen and oxygen atoms in total. The third-order valence-corrected chi connectivity index (χ3v) is 4.08. The van der Waals surface area contributed by atoms with Gasteiger partial charge in [-0.15, -0.1) is 4.41 Å². The molecule has 2 rings (SSSR count). The fraction of sp³-hybridized carbons (Fsp3) is 0.385. The quantitative estimate of drug-likeness (QED) is 0.645. The Kier molecular flexibility index (Phi) is 4.48. The van der Waals surface area contributed by atoms with Gasteiger partial charge in [0.1, 0.15) is 11.4 Å². The van der Waals surface area contributed by atoms with Crippen molar-refractivity contribution in [3.8, 4) is 0 Å². The van der Waals surface area contributed by atoms with Gasteiger partial charge in [0.25, 0.3) is 0 Å². The van der Waals surface area contributed by atoms with Crippen LogP contribution in [-0.4, -0.2) is 15.5 Å². The lowest BCUT2D eigenvalue weighted by Crippen LogP contribution is -2.40. The highest BCUT2D eigenvalue weighted by Crippen LogP contribution is 2.24. The van der Waals surface area contributed by atoms with E-state index < -0.39 is 11.4 Å². The van der Waals surface area contributed by atoms with E-state index in [1.54, 1.807) is 4.41 Å². The van der Waals surface area contributed by atoms with Crippen molar-refractivity contribution in [2.75, 3.05) is 6.54 Å². The highest BCUT2D eigenvalue weighted by molar-refractivity contribution is 7.89. The Hall–Kier alpha value is -0.970. The van der Waals surface area contributed by atoms with Gasteiger partial charge in [-0.05, 0) is 24.6 Å². The zero-order chi connectivity index (χ0) is 12.1. The molecule has 1 unspecified atom stereocenters. The van der Waals surface area contributed by atoms with E-state index in [2.05, 4.69) is 12.3 Å². The molecule has 1 atom stereocenters. The number of benzene rings is 1. The number of hydrogen-bond acceptors (Lipinski definition) is 3. The Morgan fingerprint density at radius 3 is 2.94 bits per heavy atom. The monoisotopic (exact) mass is 250 g/mol. The van der Waals surface area contributed by atoms with Crippen LogP contribution in [0, 0.1) is 0 Å². The van der Waals surface area contributed by atoms with Gasteiger partial charge in [0.15, 0.2) is 4.90 Å². The van der Waals surface area contributed by atoms with Crippen LogP contribution in [0.3, 0.4) is 0 Å². The molecule has 1 aromatic rings. The molecule has 92 valence electrons. The molecular formula is C13H18N2OS. The third kappa shape index (κ3) is 3.03. The van der Waals surface area contributed by atoms with Crippen LogP contribution in [0.4, 0.5) is 0 Å². The van der Waals surface area contributed by atoms with Gasteiger partial charge in [-0.3, -0.25) is 0 Å². The summed E-state index contributed by atoms with van der Waals surface area (Å²) in [6.45, 7) is 3.04. The number of hydrazine groups is 1. The highest BCUT2D eigenvalue weighted by Gasteiger charge is 2.25. The summed E-state index contributed by atoms with van der Waals surface area (Å²) < 4.78 is 13.9. The van der Waals surface area contributed by atoms with Gasteiger partial charge < -0.3 is 4.55 Å². The molecule has 0 saturated carbocycles. The van der Waals surface area contributed by atoms with Crippen molar-refractivity contribution < 1.29 is 4.55 Å². The molecule has 0 bridgehead atoms. The molecule has 1 aliphatic heterocycles. The summed E-state index contributed by atoms with van der Waals surface area (Å²) in [4.78, 5) is 0.873. The minimum absolute atomic E-state index is 0.867. The topological polar surface area (TPSA) is 38.3 Å². The summed E-state index contributed by atoms with van der Waals surface area (Å²) in [5.41, 5.74) is 4.23. The van der Waals surface area contributed by atoms with Crippen LogP contribution in [0.1, 0.15) is 31.7 Å². The number of fused-ring (bicyclic) bond motifs is 1. The van der Waals surface area contributed by atoms with Gasteiger partial charge in [0, 0.05) is 12.1 Å². The number of unbranched alkanes of at least 4 members (excludes halogenated alkanes) is 2. The van der Waals surface area contributed by atoms with Crippen LogP contribution in [-0.2, 0) is 11.4 Å². The van der Waals surface area contributed by atoms with Crippen molar-refractivity contribution in [1.29, 1.82) is 0 Å². The standard InChI is InChI=1S/C13H18N2OS/c1-2-3-6-10-14-15-11-9-12-7-4-5-8-13(12)17(15)16/h4-5,7-9,11,14H,2-3,6,10H2,1H3. The molecule has 1 aromatic carbocycles. The first-order chi connectivity index (χ1) is 8.33. The zero-order valence-electron chi connectivity index (χ0n) is 10.1. The molecule has 1 heterocycles. The molecule has 0 aromatic heterocycles. The van der Waals surface area contributed by atoms with Crippen LogP contribution in [0.15, 0.2) is 35.4 Å². The maximum Gasteiger partial charge on any atom is 0.188 e. The molecule has 1 N–H and O–H groups in total. The van der Waals surface area contributed by atoms with E-state index in [0.29, 0.717) is 0 Å². The second-order valence-electron chi connectivity index (χ2n) is 4.04. The van der Waals surface area contributed by atoms with Crippen molar-refractivity contribution in [2.24, 2.45) is 0 Å². The van der Waals surface area contributed by atoms with Gasteiger partial charge in [-0.2, -0.15) is 5.43 Å². The van der Waals surface area contributed by atoms with Gasteiger partial charge in [0.05, 0.1) is 6.20 Å². The zero-order valence-corrected chi connectivity index (χ0v) is 10.9. The van der Waals surface area contributed by atoms with Crippen LogP contribution in [0.25, 0.3) is 6.08 Å². The molecule has 4 heteroatoms. The van der Waals surface area contributed by atoms with Crippen molar-refractivity contribution in [1.82, 2.24) is 9.84 Å². The second-order valence-corrected chi connectivity index (χ2v) is 5.38. The van der Waals surface area contributed by atoms with E-state index >= 15 is 0 Å². The summed E-state index contributed by atoms with van der Waals surface area (Å²) in [6, 6.07) is 7.78. The average molecular weight is 250 g/mol. The number of hydrogen-bond donors (Lipinski definition) is 1. The second kappa shape index (κ2) is 6.10. The van der Waals surface area contributed by atoms with E-state index in [-0.39, 0.29) is 0 Å². The molecule has 0 saturated heterocycles. The largest absolute Gasteiger partial charge is 0.587 e. The minimum atomic E-state index is -1.12. The predicted molar refractivity (Wildman–Crippen MR) is 71.3 cm³/mol. The Morgan fingerprint density at radius 2 is 2.12 bits per heavy atom. The van der Waals surface area contributed by atoms with E-state index in [1.807, 2.05) is 36.5 Å². The van der Waals surface area contributed by atoms with Crippen LogP contribution >= 0.6 is 0 Å². The molecule has 0 fully saturated rings. The lowest BCUT2D eigenvalue weighted by molar-refractivity contribution is 0.392. The first-order valence-corrected chi connectivity index (χ1v) is 7.15. The summed E-state index contributed by atoms with van der Waals surface area (Å²) in [5.74, 6) is 0. The maximum atomic E-state index is 12.2. The smallest absolute Gasteiger partial charge is 0.188 e. The summed E-state index contributed by atoms with van der Waals surface area (Å²) in [5, 5.41) is 0. The molecule has 0 radical (unpaired) electrons. The number of nitrogens with zero attached hydrogens (tertiary/aromatic N) is 1. The number of nitrogens with one attached hydrogen (secondary N) is 1. The fourth-order valence-electron chi connectivity index (χ4n) is 1.76. The Bertz CT molecular complexity index is 395. The summed E-state index contributed by atoms with van der Waals surface area (Å²) >= 11 is -1.12. The highest BCUT2D eigenvalue weighted by atomic mass is 32.2. The molecule has 1 aliphatic rings. The molecule has 0 aliphatic carbocycles. The van der Waals surface area contributed by atoms with Crippen LogP contribution in [0.5, 0.6) is 0 Å². The summed E-state index contributed by atoms with van der Waals surface area (Å²) in [6.07, 6.45) is 7.35. The fourth-order valence-corrected chi connectivity index (χ4v) is 2.89. The predicted octanol–water partition coefficient (Wildman–Crippen LogP) is 2.69. The van der Waals surface area contributed by atoms with E-state index in [4.69, 9.17) is 0 Å². The van der Waals surface area contributed by atoms with E-state index in [9.17, 15) is 4.55 Å². The first-order valence-electron chi connectivity index (χ1n) is 6.05. The molecular weight excluding hydrogens is 232 g/mol. The van der Waals surface area contributed by atoms with Crippen molar-refractivity contribution in [3.63, 3.8) is 0 Å². The SMILES string of the molecule is CCCCCNN1C=Cc2ccccc2[S+]1[O-]. The van der Waals surface area contributed by atoms with Crippen molar-refractivity contribution in [2.45, 2.75) is 31.1 Å².